The number of hydrogen-bond donors (Lipinski definition) is 1. The van der Waals surface area contributed by atoms with E-state index in [1.54, 1.807) is 12.2 Å². The Morgan fingerprint density at radius 3 is 2.70 bits per heavy atom. The first kappa shape index (κ1) is 8.60. The fraction of sp³-hybridized carbons (Fsp3) is 0.333. The Labute approximate surface area is 77.4 Å². The van der Waals surface area contributed by atoms with Gasteiger partial charge in [-0.15, -0.1) is 0 Å². The first-order chi connectivity index (χ1) is 4.52. The Kier molecular flexibility index (Phi) is 2.46. The summed E-state index contributed by atoms with van der Waals surface area (Å²) in [6.07, 6.45) is 3.94. The van der Waals surface area contributed by atoms with Crippen molar-refractivity contribution >= 4 is 39.1 Å². The summed E-state index contributed by atoms with van der Waals surface area (Å²) in [5.41, 5.74) is 0. The lowest BCUT2D eigenvalue weighted by molar-refractivity contribution is 0.221. The highest BCUT2D eigenvalue weighted by Gasteiger charge is 2.30. The molecule has 0 fully saturated rings. The molecule has 1 aliphatic rings. The van der Waals surface area contributed by atoms with Gasteiger partial charge in [-0.3, -0.25) is 0 Å². The summed E-state index contributed by atoms with van der Waals surface area (Å²) in [7, 11) is 0. The van der Waals surface area contributed by atoms with E-state index in [0.717, 1.165) is 0 Å². The quantitative estimate of drug-likeness (QED) is 0.648. The monoisotopic (exact) mass is 242 g/mol. The van der Waals surface area contributed by atoms with Crippen LogP contribution in [0.1, 0.15) is 0 Å². The highest BCUT2D eigenvalue weighted by atomic mass is 79.9. The Morgan fingerprint density at radius 2 is 2.30 bits per heavy atom. The van der Waals surface area contributed by atoms with Crippen molar-refractivity contribution in [3.63, 3.8) is 0 Å². The van der Waals surface area contributed by atoms with Crippen molar-refractivity contribution in [2.45, 2.75) is 9.89 Å². The molecule has 1 N–H and O–H groups in total. The van der Waals surface area contributed by atoms with Gasteiger partial charge in [0.05, 0.1) is 0 Å². The van der Waals surface area contributed by atoms with Crippen molar-refractivity contribution in [3.8, 4) is 0 Å². The number of hydrogen-bond acceptors (Lipinski definition) is 1. The van der Waals surface area contributed by atoms with Crippen LogP contribution in [0.2, 0.25) is 0 Å². The second-order valence-corrected chi connectivity index (χ2v) is 4.83. The van der Waals surface area contributed by atoms with Crippen LogP contribution in [0.25, 0.3) is 0 Å². The second kappa shape index (κ2) is 2.86. The van der Waals surface area contributed by atoms with Crippen LogP contribution in [0.4, 0.5) is 0 Å². The van der Waals surface area contributed by atoms with Crippen molar-refractivity contribution in [2.24, 2.45) is 0 Å². The zero-order valence-electron chi connectivity index (χ0n) is 4.89. The molecule has 56 valence electrons. The molecule has 4 heteroatoms. The van der Waals surface area contributed by atoms with Gasteiger partial charge in [0.25, 0.3) is 0 Å². The van der Waals surface area contributed by atoms with Crippen molar-refractivity contribution in [1.82, 2.24) is 0 Å². The zero-order valence-corrected chi connectivity index (χ0v) is 7.99. The van der Waals surface area contributed by atoms with Crippen LogP contribution in [0.15, 0.2) is 23.3 Å². The van der Waals surface area contributed by atoms with Crippen LogP contribution >= 0.6 is 39.1 Å². The van der Waals surface area contributed by atoms with Crippen LogP contribution in [-0.2, 0) is 0 Å². The molecular formula is C6H5BrCl2O. The molecule has 1 nitrogen and oxygen atoms in total. The molecule has 0 aliphatic heterocycles. The predicted octanol–water partition coefficient (Wildman–Crippen LogP) is 2.37. The van der Waals surface area contributed by atoms with E-state index in [9.17, 15) is 5.11 Å². The molecule has 0 aromatic carbocycles. The lowest BCUT2D eigenvalue weighted by atomic mass is 10.1. The van der Waals surface area contributed by atoms with E-state index in [1.165, 1.54) is 6.08 Å². The zero-order chi connectivity index (χ0) is 7.78. The third-order valence-electron chi connectivity index (χ3n) is 1.18. The third kappa shape index (κ3) is 1.76. The average molecular weight is 244 g/mol. The summed E-state index contributed by atoms with van der Waals surface area (Å²) in [5, 5.41) is 9.72. The number of allylic oxidation sites excluding steroid dienone is 2. The maximum Gasteiger partial charge on any atom is 0.147 e. The van der Waals surface area contributed by atoms with Crippen molar-refractivity contribution in [3.05, 3.63) is 23.3 Å². The van der Waals surface area contributed by atoms with E-state index >= 15 is 0 Å². The minimum Gasteiger partial charge on any atom is -0.386 e. The molecule has 0 heterocycles. The van der Waals surface area contributed by atoms with Crippen LogP contribution in [0, 0.1) is 0 Å². The molecule has 2 unspecified atom stereocenters. The minimum atomic E-state index is -0.884. The number of rotatable bonds is 0. The number of aliphatic hydroxyl groups is 1. The number of aliphatic hydroxyl groups excluding tert-OH is 1. The summed E-state index contributed by atoms with van der Waals surface area (Å²) in [5.74, 6) is 0. The van der Waals surface area contributed by atoms with Gasteiger partial charge in [-0.05, 0) is 18.2 Å². The van der Waals surface area contributed by atoms with Crippen LogP contribution < -0.4 is 0 Å². The van der Waals surface area contributed by atoms with Gasteiger partial charge < -0.3 is 5.11 Å². The van der Waals surface area contributed by atoms with Crippen LogP contribution in [0.3, 0.4) is 0 Å². The molecule has 0 amide bonds. The molecule has 0 aromatic rings. The van der Waals surface area contributed by atoms with E-state index in [0.29, 0.717) is 5.03 Å². The third-order valence-corrected chi connectivity index (χ3v) is 2.51. The van der Waals surface area contributed by atoms with Gasteiger partial charge in [-0.1, -0.05) is 39.1 Å². The van der Waals surface area contributed by atoms with Crippen molar-refractivity contribution in [1.29, 1.82) is 0 Å². The maximum atomic E-state index is 9.22. The topological polar surface area (TPSA) is 20.2 Å². The fourth-order valence-corrected chi connectivity index (χ4v) is 1.18. The molecule has 10 heavy (non-hydrogen) atoms. The molecule has 0 saturated carbocycles. The largest absolute Gasteiger partial charge is 0.386 e. The van der Waals surface area contributed by atoms with E-state index in [1.807, 2.05) is 0 Å². The maximum absolute atomic E-state index is 9.22. The van der Waals surface area contributed by atoms with E-state index in [-0.39, 0.29) is 0 Å². The van der Waals surface area contributed by atoms with E-state index < -0.39 is 9.89 Å². The molecule has 0 radical (unpaired) electrons. The molecule has 0 spiro atoms. The molecule has 1 rings (SSSR count). The SMILES string of the molecule is OC1C=C(Cl)C=CC1(Cl)Br. The van der Waals surface area contributed by atoms with Crippen molar-refractivity contribution in [2.75, 3.05) is 0 Å². The number of alkyl halides is 2. The van der Waals surface area contributed by atoms with E-state index in [4.69, 9.17) is 23.2 Å². The predicted molar refractivity (Wildman–Crippen MR) is 46.6 cm³/mol. The standard InChI is InChI=1S/C6H5BrCl2O/c7-6(9)2-1-4(8)3-5(6)10/h1-3,5,10H. The summed E-state index contributed by atoms with van der Waals surface area (Å²) >= 11 is 14.4. The normalized spacial score (nSPS) is 39.6. The first-order valence-corrected chi connectivity index (χ1v) is 4.20. The summed E-state index contributed by atoms with van der Waals surface area (Å²) in [6, 6.07) is 0. The van der Waals surface area contributed by atoms with Gasteiger partial charge in [0.2, 0.25) is 0 Å². The summed E-state index contributed by atoms with van der Waals surface area (Å²) in [6.45, 7) is 0. The van der Waals surface area contributed by atoms with Crippen LogP contribution in [-0.4, -0.2) is 15.0 Å². The highest BCUT2D eigenvalue weighted by molar-refractivity contribution is 9.10. The smallest absolute Gasteiger partial charge is 0.147 e. The lowest BCUT2D eigenvalue weighted by Crippen LogP contribution is -2.28. The Hall–Kier alpha value is 0.500. The van der Waals surface area contributed by atoms with Crippen LogP contribution in [0.5, 0.6) is 0 Å². The van der Waals surface area contributed by atoms with Gasteiger partial charge in [0.1, 0.15) is 9.89 Å². The molecule has 1 aliphatic carbocycles. The molecule has 0 aromatic heterocycles. The van der Waals surface area contributed by atoms with Crippen molar-refractivity contribution < 1.29 is 5.11 Å². The molecule has 2 atom stereocenters. The summed E-state index contributed by atoms with van der Waals surface area (Å²) < 4.78 is -0.884. The molecule has 0 saturated heterocycles. The van der Waals surface area contributed by atoms with Gasteiger partial charge in [0.15, 0.2) is 0 Å². The molecular weight excluding hydrogens is 239 g/mol. The average Bonchev–Trinajstić information content (AvgIpc) is 1.81. The van der Waals surface area contributed by atoms with Gasteiger partial charge in [-0.25, -0.2) is 0 Å². The Bertz CT molecular complexity index is 198. The number of halogens is 3. The highest BCUT2D eigenvalue weighted by Crippen LogP contribution is 2.34. The second-order valence-electron chi connectivity index (χ2n) is 2.00. The van der Waals surface area contributed by atoms with Gasteiger partial charge in [-0.2, -0.15) is 0 Å². The first-order valence-electron chi connectivity index (χ1n) is 2.65. The summed E-state index contributed by atoms with van der Waals surface area (Å²) in [4.78, 5) is 0. The Balaban J connectivity index is 2.84. The van der Waals surface area contributed by atoms with E-state index in [2.05, 4.69) is 15.9 Å². The lowest BCUT2D eigenvalue weighted by Gasteiger charge is -2.22. The fourth-order valence-electron chi connectivity index (χ4n) is 0.607. The molecule has 0 bridgehead atoms. The minimum absolute atomic E-state index is 0.503. The van der Waals surface area contributed by atoms with Gasteiger partial charge in [0, 0.05) is 5.03 Å². The van der Waals surface area contributed by atoms with Gasteiger partial charge >= 0.3 is 0 Å². The Morgan fingerprint density at radius 1 is 1.70 bits per heavy atom.